The number of hydrogen-bond acceptors (Lipinski definition) is 2. The van der Waals surface area contributed by atoms with Crippen molar-refractivity contribution in [2.45, 2.75) is 36.8 Å². The molecular weight excluding hydrogens is 290 g/mol. The lowest BCUT2D eigenvalue weighted by atomic mass is 10.0. The van der Waals surface area contributed by atoms with Gasteiger partial charge in [0.05, 0.1) is 5.56 Å². The molecule has 0 spiro atoms. The van der Waals surface area contributed by atoms with Crippen molar-refractivity contribution in [2.24, 2.45) is 0 Å². The number of benzene rings is 2. The van der Waals surface area contributed by atoms with Gasteiger partial charge in [-0.15, -0.1) is 11.8 Å². The van der Waals surface area contributed by atoms with Gasteiger partial charge in [0, 0.05) is 16.7 Å². The van der Waals surface area contributed by atoms with E-state index < -0.39 is 0 Å². The maximum Gasteiger partial charge on any atom is 0.252 e. The smallest absolute Gasteiger partial charge is 0.252 e. The maximum absolute atomic E-state index is 12.5. The highest BCUT2D eigenvalue weighted by Gasteiger charge is 2.13. The lowest BCUT2D eigenvalue weighted by Gasteiger charge is -2.15. The zero-order valence-corrected chi connectivity index (χ0v) is 14.2. The van der Waals surface area contributed by atoms with Crippen LogP contribution in [0.1, 0.15) is 42.6 Å². The van der Waals surface area contributed by atoms with Crippen molar-refractivity contribution in [1.82, 2.24) is 5.32 Å². The van der Waals surface area contributed by atoms with E-state index in [1.54, 1.807) is 11.8 Å². The molecular formula is C19H23NOS. The highest BCUT2D eigenvalue weighted by molar-refractivity contribution is 8.00. The second kappa shape index (κ2) is 8.04. The van der Waals surface area contributed by atoms with Gasteiger partial charge in [0.15, 0.2) is 0 Å². The van der Waals surface area contributed by atoms with Crippen LogP contribution in [0, 0.1) is 0 Å². The molecule has 0 fully saturated rings. The Labute approximate surface area is 137 Å². The Morgan fingerprint density at radius 3 is 2.32 bits per heavy atom. The zero-order valence-electron chi connectivity index (χ0n) is 13.4. The van der Waals surface area contributed by atoms with Gasteiger partial charge < -0.3 is 5.32 Å². The molecule has 0 bridgehead atoms. The van der Waals surface area contributed by atoms with Crippen molar-refractivity contribution in [3.8, 4) is 0 Å². The van der Waals surface area contributed by atoms with Crippen molar-refractivity contribution in [2.75, 3.05) is 6.54 Å². The first-order chi connectivity index (χ1) is 10.6. The summed E-state index contributed by atoms with van der Waals surface area (Å²) in [7, 11) is 0. The largest absolute Gasteiger partial charge is 0.351 e. The van der Waals surface area contributed by atoms with Crippen LogP contribution in [0.3, 0.4) is 0 Å². The minimum Gasteiger partial charge on any atom is -0.351 e. The minimum atomic E-state index is 0.00605. The van der Waals surface area contributed by atoms with Crippen LogP contribution in [0.2, 0.25) is 0 Å². The van der Waals surface area contributed by atoms with Gasteiger partial charge in [-0.25, -0.2) is 0 Å². The second-order valence-electron chi connectivity index (χ2n) is 5.68. The van der Waals surface area contributed by atoms with Crippen LogP contribution in [-0.4, -0.2) is 17.7 Å². The van der Waals surface area contributed by atoms with Crippen molar-refractivity contribution in [3.63, 3.8) is 0 Å². The highest BCUT2D eigenvalue weighted by Crippen LogP contribution is 2.26. The first-order valence-electron chi connectivity index (χ1n) is 7.66. The Morgan fingerprint density at radius 2 is 1.64 bits per heavy atom. The summed E-state index contributed by atoms with van der Waals surface area (Å²) in [5, 5.41) is 3.51. The molecule has 22 heavy (non-hydrogen) atoms. The number of nitrogens with one attached hydrogen (secondary N) is 1. The molecule has 3 heteroatoms. The molecule has 2 rings (SSSR count). The zero-order chi connectivity index (χ0) is 15.9. The molecule has 116 valence electrons. The average Bonchev–Trinajstić information content (AvgIpc) is 2.53. The van der Waals surface area contributed by atoms with Gasteiger partial charge in [-0.05, 0) is 23.6 Å². The van der Waals surface area contributed by atoms with Crippen molar-refractivity contribution in [1.29, 1.82) is 0 Å². The summed E-state index contributed by atoms with van der Waals surface area (Å²) in [6.45, 7) is 7.04. The standard InChI is InChI=1S/C19H23NOS/c1-14(2)22-18-12-8-7-11-17(18)19(21)20-13-15(3)16-9-5-4-6-10-16/h4-12,14-15H,13H2,1-3H3,(H,20,21). The van der Waals surface area contributed by atoms with Gasteiger partial charge in [0.25, 0.3) is 5.91 Å². The fraction of sp³-hybridized carbons (Fsp3) is 0.316. The predicted molar refractivity (Wildman–Crippen MR) is 94.6 cm³/mol. The third kappa shape index (κ3) is 4.63. The molecule has 1 amide bonds. The van der Waals surface area contributed by atoms with Crippen LogP contribution in [0.25, 0.3) is 0 Å². The molecule has 0 aliphatic carbocycles. The van der Waals surface area contributed by atoms with Gasteiger partial charge in [0.2, 0.25) is 0 Å². The van der Waals surface area contributed by atoms with E-state index >= 15 is 0 Å². The van der Waals surface area contributed by atoms with E-state index in [2.05, 4.69) is 38.2 Å². The highest BCUT2D eigenvalue weighted by atomic mass is 32.2. The number of hydrogen-bond donors (Lipinski definition) is 1. The number of thioether (sulfide) groups is 1. The third-order valence-corrected chi connectivity index (χ3v) is 4.51. The molecule has 0 saturated carbocycles. The molecule has 2 aromatic rings. The number of rotatable bonds is 6. The van der Waals surface area contributed by atoms with E-state index in [1.165, 1.54) is 5.56 Å². The second-order valence-corrected chi connectivity index (χ2v) is 7.30. The number of amides is 1. The average molecular weight is 313 g/mol. The first-order valence-corrected chi connectivity index (χ1v) is 8.54. The normalized spacial score (nSPS) is 12.2. The Bertz CT molecular complexity index is 610. The quantitative estimate of drug-likeness (QED) is 0.782. The Morgan fingerprint density at radius 1 is 1.00 bits per heavy atom. The van der Waals surface area contributed by atoms with E-state index in [9.17, 15) is 4.79 Å². The van der Waals surface area contributed by atoms with E-state index in [4.69, 9.17) is 0 Å². The van der Waals surface area contributed by atoms with Gasteiger partial charge in [-0.2, -0.15) is 0 Å². The molecule has 0 aliphatic heterocycles. The molecule has 0 radical (unpaired) electrons. The fourth-order valence-corrected chi connectivity index (χ4v) is 3.20. The number of carbonyl (C=O) groups is 1. The lowest BCUT2D eigenvalue weighted by Crippen LogP contribution is -2.28. The molecule has 0 aliphatic rings. The molecule has 0 saturated heterocycles. The molecule has 2 nitrogen and oxygen atoms in total. The van der Waals surface area contributed by atoms with Gasteiger partial charge in [-0.1, -0.05) is 63.2 Å². The lowest BCUT2D eigenvalue weighted by molar-refractivity contribution is 0.0948. The fourth-order valence-electron chi connectivity index (χ4n) is 2.25. The van der Waals surface area contributed by atoms with Crippen LogP contribution in [0.15, 0.2) is 59.5 Å². The first kappa shape index (κ1) is 16.6. The van der Waals surface area contributed by atoms with Crippen LogP contribution in [0.5, 0.6) is 0 Å². The Kier molecular flexibility index (Phi) is 6.08. The van der Waals surface area contributed by atoms with Gasteiger partial charge >= 0.3 is 0 Å². The summed E-state index contributed by atoms with van der Waals surface area (Å²) in [6.07, 6.45) is 0. The molecule has 0 aromatic heterocycles. The van der Waals surface area contributed by atoms with Gasteiger partial charge in [0.1, 0.15) is 0 Å². The van der Waals surface area contributed by atoms with Crippen molar-refractivity contribution < 1.29 is 4.79 Å². The van der Waals surface area contributed by atoms with Crippen LogP contribution in [-0.2, 0) is 0 Å². The summed E-state index contributed by atoms with van der Waals surface area (Å²) >= 11 is 1.72. The topological polar surface area (TPSA) is 29.1 Å². The van der Waals surface area contributed by atoms with E-state index in [0.29, 0.717) is 17.7 Å². The van der Waals surface area contributed by atoms with Crippen molar-refractivity contribution >= 4 is 17.7 Å². The third-order valence-electron chi connectivity index (χ3n) is 3.43. The number of carbonyl (C=O) groups excluding carboxylic acids is 1. The summed E-state index contributed by atoms with van der Waals surface area (Å²) in [5.41, 5.74) is 2.01. The van der Waals surface area contributed by atoms with Crippen LogP contribution >= 0.6 is 11.8 Å². The minimum absolute atomic E-state index is 0.00605. The maximum atomic E-state index is 12.5. The monoisotopic (exact) mass is 313 g/mol. The molecule has 0 heterocycles. The van der Waals surface area contributed by atoms with Crippen LogP contribution in [0.4, 0.5) is 0 Å². The summed E-state index contributed by atoms with van der Waals surface area (Å²) < 4.78 is 0. The van der Waals surface area contributed by atoms with Gasteiger partial charge in [-0.3, -0.25) is 4.79 Å². The summed E-state index contributed by atoms with van der Waals surface area (Å²) in [4.78, 5) is 13.5. The van der Waals surface area contributed by atoms with E-state index in [-0.39, 0.29) is 5.91 Å². The Hall–Kier alpha value is -1.74. The van der Waals surface area contributed by atoms with E-state index in [0.717, 1.165) is 10.5 Å². The Balaban J connectivity index is 2.01. The SMILES string of the molecule is CC(C)Sc1ccccc1C(=O)NCC(C)c1ccccc1. The molecule has 1 N–H and O–H groups in total. The van der Waals surface area contributed by atoms with Crippen LogP contribution < -0.4 is 5.32 Å². The molecule has 2 aromatic carbocycles. The molecule has 1 unspecified atom stereocenters. The van der Waals surface area contributed by atoms with Crippen molar-refractivity contribution in [3.05, 3.63) is 65.7 Å². The predicted octanol–water partition coefficient (Wildman–Crippen LogP) is 4.72. The van der Waals surface area contributed by atoms with E-state index in [1.807, 2.05) is 42.5 Å². The summed E-state index contributed by atoms with van der Waals surface area (Å²) in [5.74, 6) is 0.307. The summed E-state index contributed by atoms with van der Waals surface area (Å²) in [6, 6.07) is 18.1. The molecule has 1 atom stereocenters.